The largest absolute Gasteiger partial charge is 0.462 e. The first-order valence-electron chi connectivity index (χ1n) is 5.77. The fraction of sp³-hybridized carbons (Fsp3) is 0.692. The summed E-state index contributed by atoms with van der Waals surface area (Å²) >= 11 is 0. The van der Waals surface area contributed by atoms with Gasteiger partial charge in [-0.25, -0.2) is 0 Å². The Morgan fingerprint density at radius 1 is 1.12 bits per heavy atom. The van der Waals surface area contributed by atoms with Crippen LogP contribution in [-0.4, -0.2) is 24.1 Å². The van der Waals surface area contributed by atoms with Crippen molar-refractivity contribution in [3.8, 4) is 0 Å². The molecule has 0 rings (SSSR count). The summed E-state index contributed by atoms with van der Waals surface area (Å²) in [5, 5.41) is 0. The third-order valence-corrected chi connectivity index (χ3v) is 2.14. The smallest absolute Gasteiger partial charge is 0.323 e. The van der Waals surface area contributed by atoms with E-state index in [2.05, 4.69) is 6.58 Å². The minimum absolute atomic E-state index is 0.199. The van der Waals surface area contributed by atoms with Gasteiger partial charge in [0.2, 0.25) is 0 Å². The standard InChI is InChI=1S/C13H22O4/c1-7-8-13(6,11(14)16-9(2)3)12(15)17-10(4)5/h7,9-10H,1,8H2,2-6H3. The molecule has 0 atom stereocenters. The summed E-state index contributed by atoms with van der Waals surface area (Å²) in [4.78, 5) is 23.8. The summed E-state index contributed by atoms with van der Waals surface area (Å²) in [6.45, 7) is 12.0. The summed E-state index contributed by atoms with van der Waals surface area (Å²) in [6, 6.07) is 0. The highest BCUT2D eigenvalue weighted by molar-refractivity contribution is 5.99. The number of ether oxygens (including phenoxy) is 2. The monoisotopic (exact) mass is 242 g/mol. The van der Waals surface area contributed by atoms with Gasteiger partial charge in [-0.3, -0.25) is 9.59 Å². The molecule has 0 radical (unpaired) electrons. The van der Waals surface area contributed by atoms with Crippen LogP contribution < -0.4 is 0 Å². The molecular weight excluding hydrogens is 220 g/mol. The zero-order chi connectivity index (χ0) is 13.6. The van der Waals surface area contributed by atoms with Crippen LogP contribution in [0.5, 0.6) is 0 Å². The van der Waals surface area contributed by atoms with E-state index in [9.17, 15) is 9.59 Å². The molecule has 4 nitrogen and oxygen atoms in total. The predicted octanol–water partition coefficient (Wildman–Crippen LogP) is 2.47. The van der Waals surface area contributed by atoms with Crippen LogP contribution in [-0.2, 0) is 19.1 Å². The summed E-state index contributed by atoms with van der Waals surface area (Å²) in [7, 11) is 0. The fourth-order valence-corrected chi connectivity index (χ4v) is 1.23. The molecule has 0 saturated heterocycles. The molecule has 98 valence electrons. The number of carbonyl (C=O) groups is 2. The van der Waals surface area contributed by atoms with E-state index >= 15 is 0 Å². The molecule has 0 saturated carbocycles. The van der Waals surface area contributed by atoms with Crippen molar-refractivity contribution in [2.75, 3.05) is 0 Å². The molecule has 0 aromatic carbocycles. The first-order valence-corrected chi connectivity index (χ1v) is 5.77. The first kappa shape index (κ1) is 15.7. The summed E-state index contributed by atoms with van der Waals surface area (Å²) in [5.74, 6) is -1.14. The van der Waals surface area contributed by atoms with Crippen LogP contribution in [0, 0.1) is 5.41 Å². The number of rotatable bonds is 6. The first-order chi connectivity index (χ1) is 7.74. The summed E-state index contributed by atoms with van der Waals surface area (Å²) < 4.78 is 10.2. The average molecular weight is 242 g/mol. The lowest BCUT2D eigenvalue weighted by atomic mass is 9.87. The summed E-state index contributed by atoms with van der Waals surface area (Å²) in [6.07, 6.45) is 1.18. The van der Waals surface area contributed by atoms with Crippen molar-refractivity contribution in [3.05, 3.63) is 12.7 Å². The lowest BCUT2D eigenvalue weighted by Gasteiger charge is -2.26. The van der Waals surface area contributed by atoms with Gasteiger partial charge in [0.1, 0.15) is 0 Å². The van der Waals surface area contributed by atoms with Crippen molar-refractivity contribution in [3.63, 3.8) is 0 Å². The van der Waals surface area contributed by atoms with Gasteiger partial charge in [0.05, 0.1) is 12.2 Å². The Bertz CT molecular complexity index is 270. The van der Waals surface area contributed by atoms with Crippen LogP contribution in [0.15, 0.2) is 12.7 Å². The molecule has 0 aromatic rings. The summed E-state index contributed by atoms with van der Waals surface area (Å²) in [5.41, 5.74) is -1.31. The molecule has 0 aromatic heterocycles. The minimum Gasteiger partial charge on any atom is -0.462 e. The Balaban J connectivity index is 4.94. The van der Waals surface area contributed by atoms with Crippen molar-refractivity contribution >= 4 is 11.9 Å². The van der Waals surface area contributed by atoms with Crippen LogP contribution in [0.4, 0.5) is 0 Å². The van der Waals surface area contributed by atoms with E-state index in [-0.39, 0.29) is 18.6 Å². The number of hydrogen-bond donors (Lipinski definition) is 0. The third kappa shape index (κ3) is 4.59. The average Bonchev–Trinajstić information content (AvgIpc) is 2.15. The Kier molecular flexibility index (Phi) is 5.93. The number of carbonyl (C=O) groups excluding carboxylic acids is 2. The van der Waals surface area contributed by atoms with Crippen LogP contribution in [0.25, 0.3) is 0 Å². The van der Waals surface area contributed by atoms with E-state index in [1.165, 1.54) is 13.0 Å². The van der Waals surface area contributed by atoms with Crippen molar-refractivity contribution in [2.24, 2.45) is 5.41 Å². The molecule has 0 spiro atoms. The Hall–Kier alpha value is -1.32. The SMILES string of the molecule is C=CCC(C)(C(=O)OC(C)C)C(=O)OC(C)C. The normalized spacial score (nSPS) is 11.5. The van der Waals surface area contributed by atoms with Gasteiger partial charge in [0.25, 0.3) is 0 Å². The maximum Gasteiger partial charge on any atom is 0.323 e. The molecule has 0 bridgehead atoms. The zero-order valence-electron chi connectivity index (χ0n) is 11.3. The van der Waals surface area contributed by atoms with E-state index in [1.807, 2.05) is 0 Å². The second-order valence-corrected chi connectivity index (χ2v) is 4.73. The molecule has 0 unspecified atom stereocenters. The molecule has 0 aliphatic heterocycles. The van der Waals surface area contributed by atoms with Gasteiger partial charge in [-0.05, 0) is 41.0 Å². The number of hydrogen-bond acceptors (Lipinski definition) is 4. The van der Waals surface area contributed by atoms with Crippen molar-refractivity contribution in [2.45, 2.75) is 53.2 Å². The topological polar surface area (TPSA) is 52.6 Å². The molecular formula is C13H22O4. The molecule has 0 heterocycles. The van der Waals surface area contributed by atoms with Crippen molar-refractivity contribution in [1.82, 2.24) is 0 Å². The van der Waals surface area contributed by atoms with Gasteiger partial charge >= 0.3 is 11.9 Å². The van der Waals surface area contributed by atoms with Gasteiger partial charge in [-0.15, -0.1) is 6.58 Å². The van der Waals surface area contributed by atoms with E-state index in [0.29, 0.717) is 0 Å². The van der Waals surface area contributed by atoms with Crippen LogP contribution >= 0.6 is 0 Å². The quantitative estimate of drug-likeness (QED) is 0.408. The van der Waals surface area contributed by atoms with E-state index < -0.39 is 17.4 Å². The minimum atomic E-state index is -1.31. The van der Waals surface area contributed by atoms with E-state index in [0.717, 1.165) is 0 Å². The maximum absolute atomic E-state index is 11.9. The molecule has 0 aliphatic carbocycles. The maximum atomic E-state index is 11.9. The van der Waals surface area contributed by atoms with Gasteiger partial charge in [-0.2, -0.15) is 0 Å². The second-order valence-electron chi connectivity index (χ2n) is 4.73. The Morgan fingerprint density at radius 3 is 1.71 bits per heavy atom. The van der Waals surface area contributed by atoms with Crippen LogP contribution in [0.3, 0.4) is 0 Å². The highest BCUT2D eigenvalue weighted by Crippen LogP contribution is 2.27. The Morgan fingerprint density at radius 2 is 1.47 bits per heavy atom. The molecule has 0 fully saturated rings. The lowest BCUT2D eigenvalue weighted by molar-refractivity contribution is -0.175. The highest BCUT2D eigenvalue weighted by Gasteiger charge is 2.44. The van der Waals surface area contributed by atoms with Crippen LogP contribution in [0.2, 0.25) is 0 Å². The zero-order valence-corrected chi connectivity index (χ0v) is 11.3. The second kappa shape index (κ2) is 6.42. The lowest BCUT2D eigenvalue weighted by Crippen LogP contribution is -2.41. The van der Waals surface area contributed by atoms with Gasteiger partial charge in [-0.1, -0.05) is 6.08 Å². The molecule has 0 aliphatic rings. The molecule has 4 heteroatoms. The molecule has 0 amide bonds. The fourth-order valence-electron chi connectivity index (χ4n) is 1.23. The van der Waals surface area contributed by atoms with Gasteiger partial charge in [0.15, 0.2) is 5.41 Å². The molecule has 0 N–H and O–H groups in total. The Labute approximate surface area is 103 Å². The predicted molar refractivity (Wildman–Crippen MR) is 65.4 cm³/mol. The highest BCUT2D eigenvalue weighted by atomic mass is 16.6. The van der Waals surface area contributed by atoms with Crippen molar-refractivity contribution in [1.29, 1.82) is 0 Å². The van der Waals surface area contributed by atoms with Gasteiger partial charge in [0, 0.05) is 0 Å². The van der Waals surface area contributed by atoms with E-state index in [4.69, 9.17) is 9.47 Å². The van der Waals surface area contributed by atoms with E-state index in [1.54, 1.807) is 27.7 Å². The molecule has 17 heavy (non-hydrogen) atoms. The third-order valence-electron chi connectivity index (χ3n) is 2.14. The van der Waals surface area contributed by atoms with Crippen LogP contribution in [0.1, 0.15) is 41.0 Å². The van der Waals surface area contributed by atoms with Gasteiger partial charge < -0.3 is 9.47 Å². The van der Waals surface area contributed by atoms with Crippen molar-refractivity contribution < 1.29 is 19.1 Å². The number of allylic oxidation sites excluding steroid dienone is 1. The number of esters is 2.